The summed E-state index contributed by atoms with van der Waals surface area (Å²) in [6, 6.07) is 17.6. The number of carbonyl (C=O) groups is 1. The zero-order chi connectivity index (χ0) is 31.5. The summed E-state index contributed by atoms with van der Waals surface area (Å²) >= 11 is 0. The first-order chi connectivity index (χ1) is 22.5. The van der Waals surface area contributed by atoms with Crippen LogP contribution in [0.25, 0.3) is 0 Å². The zero-order valence-electron chi connectivity index (χ0n) is 26.3. The van der Waals surface area contributed by atoms with Crippen LogP contribution in [0.3, 0.4) is 0 Å². The fourth-order valence-electron chi connectivity index (χ4n) is 6.70. The van der Waals surface area contributed by atoms with E-state index in [1.165, 1.54) is 6.07 Å². The Hall–Kier alpha value is -3.66. The highest BCUT2D eigenvalue weighted by Gasteiger charge is 2.40. The molecule has 46 heavy (non-hydrogen) atoms. The Balaban J connectivity index is 1.15. The Morgan fingerprint density at radius 1 is 0.804 bits per heavy atom. The smallest absolute Gasteiger partial charge is 0.199 e. The van der Waals surface area contributed by atoms with E-state index in [9.17, 15) is 4.79 Å². The predicted octanol–water partition coefficient (Wildman–Crippen LogP) is 7.21. The summed E-state index contributed by atoms with van der Waals surface area (Å²) in [6.07, 6.45) is 5.47. The van der Waals surface area contributed by atoms with Gasteiger partial charge in [0.15, 0.2) is 29.9 Å². The monoisotopic (exact) mass is 631 g/mol. The molecule has 0 N–H and O–H groups in total. The molecular formula is C37H42FNO7. The van der Waals surface area contributed by atoms with Crippen LogP contribution in [0.15, 0.2) is 60.7 Å². The van der Waals surface area contributed by atoms with Gasteiger partial charge in [-0.1, -0.05) is 25.1 Å². The van der Waals surface area contributed by atoms with E-state index >= 15 is 4.39 Å². The predicted molar refractivity (Wildman–Crippen MR) is 169 cm³/mol. The van der Waals surface area contributed by atoms with Crippen molar-refractivity contribution >= 4 is 5.78 Å². The Kier molecular flexibility index (Phi) is 9.42. The van der Waals surface area contributed by atoms with E-state index in [1.807, 2.05) is 24.3 Å². The fraction of sp³-hybridized carbons (Fsp3) is 0.486. The molecule has 7 rings (SSSR count). The number of carbonyl (C=O) groups excluding carboxylic acids is 1. The SMILES string of the molecule is CCCN1CC(Oc2ccc(C3Oc4cc(OC5CCCCO5)ccc4C(=O)C3c3ccc(OC4CCCCO4)cc3)cc2F)C1. The van der Waals surface area contributed by atoms with Crippen LogP contribution >= 0.6 is 0 Å². The average Bonchev–Trinajstić information content (AvgIpc) is 3.06. The van der Waals surface area contributed by atoms with Crippen LogP contribution in [-0.4, -0.2) is 62.2 Å². The second kappa shape index (κ2) is 14.0. The van der Waals surface area contributed by atoms with Crippen molar-refractivity contribution in [3.05, 3.63) is 83.2 Å². The number of ketones is 1. The topological polar surface area (TPSA) is 75.7 Å². The van der Waals surface area contributed by atoms with Crippen molar-refractivity contribution in [2.75, 3.05) is 32.8 Å². The van der Waals surface area contributed by atoms with E-state index < -0.39 is 17.8 Å². The summed E-state index contributed by atoms with van der Waals surface area (Å²) in [7, 11) is 0. The van der Waals surface area contributed by atoms with Crippen molar-refractivity contribution in [1.29, 1.82) is 0 Å². The maximum absolute atomic E-state index is 15.6. The van der Waals surface area contributed by atoms with Crippen molar-refractivity contribution in [3.8, 4) is 23.0 Å². The lowest BCUT2D eigenvalue weighted by Crippen LogP contribution is -2.53. The van der Waals surface area contributed by atoms with Crippen LogP contribution in [0.2, 0.25) is 0 Å². The second-order valence-corrected chi connectivity index (χ2v) is 12.6. The van der Waals surface area contributed by atoms with Crippen molar-refractivity contribution in [2.24, 2.45) is 0 Å². The molecule has 4 atom stereocenters. The van der Waals surface area contributed by atoms with Gasteiger partial charge < -0.3 is 28.4 Å². The molecule has 3 fully saturated rings. The molecule has 3 aromatic carbocycles. The first-order valence-electron chi connectivity index (χ1n) is 16.7. The molecule has 3 aromatic rings. The van der Waals surface area contributed by atoms with Gasteiger partial charge in [0.2, 0.25) is 0 Å². The van der Waals surface area contributed by atoms with Gasteiger partial charge in [-0.2, -0.15) is 0 Å². The minimum absolute atomic E-state index is 0.0367. The summed E-state index contributed by atoms with van der Waals surface area (Å²) in [6.45, 7) is 6.09. The molecule has 4 heterocycles. The van der Waals surface area contributed by atoms with Crippen molar-refractivity contribution in [3.63, 3.8) is 0 Å². The molecule has 0 radical (unpaired) electrons. The lowest BCUT2D eigenvalue weighted by Gasteiger charge is -2.39. The molecule has 0 aliphatic carbocycles. The number of nitrogens with zero attached hydrogens (tertiary/aromatic N) is 1. The third-order valence-electron chi connectivity index (χ3n) is 9.15. The third kappa shape index (κ3) is 6.87. The first-order valence-corrected chi connectivity index (χ1v) is 16.7. The van der Waals surface area contributed by atoms with Crippen molar-refractivity contribution in [2.45, 2.75) is 82.6 Å². The van der Waals surface area contributed by atoms with Crippen molar-refractivity contribution < 1.29 is 37.6 Å². The summed E-state index contributed by atoms with van der Waals surface area (Å²) in [5, 5.41) is 0. The van der Waals surface area contributed by atoms with Crippen molar-refractivity contribution in [1.82, 2.24) is 4.90 Å². The number of Topliss-reactive ketones (excluding diaryl/α,β-unsaturated/α-hetero) is 1. The Morgan fingerprint density at radius 3 is 2.13 bits per heavy atom. The van der Waals surface area contributed by atoms with Crippen LogP contribution < -0.4 is 18.9 Å². The molecule has 0 spiro atoms. The normalized spacial score (nSPS) is 25.2. The number of rotatable bonds is 10. The first kappa shape index (κ1) is 31.0. The number of benzene rings is 3. The van der Waals surface area contributed by atoms with E-state index in [0.717, 1.165) is 70.1 Å². The number of hydrogen-bond donors (Lipinski definition) is 0. The standard InChI is InChI=1S/C37H42FNO7/c1-2-17-39-22-28(23-39)43-31-16-11-25(20-30(31)38)37-35(24-9-12-26(13-10-24)44-33-7-3-5-18-41-33)36(40)29-15-14-27(21-32(29)46-37)45-34-8-4-6-19-42-34/h9-16,20-21,28,33-35,37H,2-8,17-19,22-23H2,1H3. The minimum atomic E-state index is -0.776. The summed E-state index contributed by atoms with van der Waals surface area (Å²) in [5.41, 5.74) is 1.75. The van der Waals surface area contributed by atoms with E-state index in [1.54, 1.807) is 30.3 Å². The Bertz CT molecular complexity index is 1500. The lowest BCUT2D eigenvalue weighted by atomic mass is 9.81. The van der Waals surface area contributed by atoms with E-state index in [2.05, 4.69) is 11.8 Å². The highest BCUT2D eigenvalue weighted by Crippen LogP contribution is 2.46. The number of fused-ring (bicyclic) bond motifs is 1. The van der Waals surface area contributed by atoms with Gasteiger partial charge in [-0.25, -0.2) is 4.39 Å². The number of hydrogen-bond acceptors (Lipinski definition) is 8. The van der Waals surface area contributed by atoms with Gasteiger partial charge in [-0.05, 0) is 86.2 Å². The van der Waals surface area contributed by atoms with E-state index in [4.69, 9.17) is 28.4 Å². The van der Waals surface area contributed by atoms with Gasteiger partial charge in [0.1, 0.15) is 29.5 Å². The van der Waals surface area contributed by atoms with Gasteiger partial charge in [-0.3, -0.25) is 9.69 Å². The van der Waals surface area contributed by atoms with Gasteiger partial charge in [0.05, 0.1) is 24.7 Å². The number of ether oxygens (including phenoxy) is 6. The van der Waals surface area contributed by atoms with Crippen LogP contribution in [0, 0.1) is 5.82 Å². The molecule has 4 aliphatic heterocycles. The molecule has 0 saturated carbocycles. The molecule has 244 valence electrons. The van der Waals surface area contributed by atoms with Crippen LogP contribution in [0.4, 0.5) is 4.39 Å². The molecule has 8 nitrogen and oxygen atoms in total. The molecule has 3 saturated heterocycles. The van der Waals surface area contributed by atoms with Gasteiger partial charge in [-0.15, -0.1) is 0 Å². The Morgan fingerprint density at radius 2 is 1.48 bits per heavy atom. The van der Waals surface area contributed by atoms with Crippen LogP contribution in [0.5, 0.6) is 23.0 Å². The van der Waals surface area contributed by atoms with Crippen LogP contribution in [-0.2, 0) is 9.47 Å². The Labute approximate surface area is 269 Å². The summed E-state index contributed by atoms with van der Waals surface area (Å²) in [4.78, 5) is 16.5. The average molecular weight is 632 g/mol. The van der Waals surface area contributed by atoms with Gasteiger partial charge in [0, 0.05) is 32.0 Å². The van der Waals surface area contributed by atoms with Gasteiger partial charge >= 0.3 is 0 Å². The highest BCUT2D eigenvalue weighted by atomic mass is 19.1. The molecule has 0 aromatic heterocycles. The molecule has 0 amide bonds. The number of likely N-dealkylation sites (tertiary alicyclic amines) is 1. The maximum Gasteiger partial charge on any atom is 0.199 e. The highest BCUT2D eigenvalue weighted by molar-refractivity contribution is 6.05. The third-order valence-corrected chi connectivity index (χ3v) is 9.15. The summed E-state index contributed by atoms with van der Waals surface area (Å²) in [5.74, 6) is 0.552. The minimum Gasteiger partial charge on any atom is -0.485 e. The maximum atomic E-state index is 15.6. The van der Waals surface area contributed by atoms with Gasteiger partial charge in [0.25, 0.3) is 0 Å². The van der Waals surface area contributed by atoms with Crippen LogP contribution in [0.1, 0.15) is 85.4 Å². The molecular weight excluding hydrogens is 589 g/mol. The molecule has 9 heteroatoms. The summed E-state index contributed by atoms with van der Waals surface area (Å²) < 4.78 is 51.7. The second-order valence-electron chi connectivity index (χ2n) is 12.6. The van der Waals surface area contributed by atoms with E-state index in [-0.39, 0.29) is 30.2 Å². The molecule has 4 aliphatic rings. The zero-order valence-corrected chi connectivity index (χ0v) is 26.3. The largest absolute Gasteiger partial charge is 0.485 e. The quantitative estimate of drug-likeness (QED) is 0.232. The van der Waals surface area contributed by atoms with E-state index in [0.29, 0.717) is 41.6 Å². The lowest BCUT2D eigenvalue weighted by molar-refractivity contribution is -0.106. The number of halogens is 1. The fourth-order valence-corrected chi connectivity index (χ4v) is 6.70. The molecule has 0 bridgehead atoms. The molecule has 4 unspecified atom stereocenters.